The van der Waals surface area contributed by atoms with Gasteiger partial charge in [0.05, 0.1) is 25.4 Å². The monoisotopic (exact) mass is 241 g/mol. The Balaban J connectivity index is 2.75. The van der Waals surface area contributed by atoms with E-state index in [1.54, 1.807) is 6.07 Å². The molecular weight excluding hydrogens is 226 g/mol. The molecule has 0 fully saturated rings. The molecule has 6 heteroatoms. The average molecular weight is 241 g/mol. The van der Waals surface area contributed by atoms with E-state index in [9.17, 15) is 9.90 Å². The molecule has 17 heavy (non-hydrogen) atoms. The minimum atomic E-state index is -1.02. The van der Waals surface area contributed by atoms with Gasteiger partial charge in [-0.25, -0.2) is 0 Å². The van der Waals surface area contributed by atoms with Crippen molar-refractivity contribution in [3.63, 3.8) is 0 Å². The third-order valence-corrected chi connectivity index (χ3v) is 2.17. The molecule has 0 aliphatic heterocycles. The van der Waals surface area contributed by atoms with E-state index >= 15 is 0 Å². The molecule has 1 rings (SSSR count). The maximum Gasteiger partial charge on any atom is 0.255 e. The number of carbonyl (C=O) groups is 1. The summed E-state index contributed by atoms with van der Waals surface area (Å²) in [5.74, 6) is -0.611. The van der Waals surface area contributed by atoms with E-state index in [1.165, 1.54) is 19.2 Å². The van der Waals surface area contributed by atoms with Crippen molar-refractivity contribution in [3.8, 4) is 11.5 Å². The Hall–Kier alpha value is -1.79. The number of aliphatic hydroxyl groups excluding tert-OH is 2. The molecule has 0 saturated carbocycles. The summed E-state index contributed by atoms with van der Waals surface area (Å²) in [6, 6.07) is 4.52. The van der Waals surface area contributed by atoms with Crippen LogP contribution in [0.4, 0.5) is 0 Å². The smallest absolute Gasteiger partial charge is 0.255 e. The second-order valence-corrected chi connectivity index (χ2v) is 3.40. The summed E-state index contributed by atoms with van der Waals surface area (Å²) < 4.78 is 4.86. The lowest BCUT2D eigenvalue weighted by Crippen LogP contribution is -2.33. The van der Waals surface area contributed by atoms with Crippen LogP contribution in [0.15, 0.2) is 18.2 Å². The number of para-hydroxylation sites is 1. The molecule has 6 nitrogen and oxygen atoms in total. The molecule has 1 amide bonds. The van der Waals surface area contributed by atoms with E-state index in [0.29, 0.717) is 0 Å². The number of phenolic OH excluding ortho intramolecular Hbond substituents is 1. The molecule has 0 radical (unpaired) electrons. The van der Waals surface area contributed by atoms with Crippen molar-refractivity contribution in [2.24, 2.45) is 0 Å². The zero-order valence-corrected chi connectivity index (χ0v) is 9.38. The molecule has 0 heterocycles. The fourth-order valence-electron chi connectivity index (χ4n) is 1.24. The van der Waals surface area contributed by atoms with E-state index in [2.05, 4.69) is 5.32 Å². The Kier molecular flexibility index (Phi) is 4.74. The standard InChI is InChI=1S/C11H15NO5/c1-17-9-4-2-3-8(10(9)15)11(16)12-5-7(14)6-13/h2-4,7,13-15H,5-6H2,1H3,(H,12,16). The first kappa shape index (κ1) is 13.3. The van der Waals surface area contributed by atoms with Crippen molar-refractivity contribution in [2.75, 3.05) is 20.3 Å². The van der Waals surface area contributed by atoms with Gasteiger partial charge in [-0.15, -0.1) is 0 Å². The number of amides is 1. The van der Waals surface area contributed by atoms with Gasteiger partial charge in [-0.1, -0.05) is 6.07 Å². The zero-order valence-electron chi connectivity index (χ0n) is 9.38. The lowest BCUT2D eigenvalue weighted by Gasteiger charge is -2.11. The van der Waals surface area contributed by atoms with Crippen LogP contribution in [0.3, 0.4) is 0 Å². The van der Waals surface area contributed by atoms with Gasteiger partial charge < -0.3 is 25.4 Å². The highest BCUT2D eigenvalue weighted by Gasteiger charge is 2.15. The topological polar surface area (TPSA) is 99.0 Å². The predicted molar refractivity (Wildman–Crippen MR) is 60.1 cm³/mol. The summed E-state index contributed by atoms with van der Waals surface area (Å²) in [6.07, 6.45) is -1.02. The molecule has 1 aromatic rings. The number of phenols is 1. The minimum absolute atomic E-state index is 0.0505. The molecule has 0 saturated heterocycles. The maximum absolute atomic E-state index is 11.6. The van der Waals surface area contributed by atoms with Gasteiger partial charge in [-0.2, -0.15) is 0 Å². The van der Waals surface area contributed by atoms with Crippen LogP contribution in [0.5, 0.6) is 11.5 Å². The van der Waals surface area contributed by atoms with Crippen LogP contribution < -0.4 is 10.1 Å². The van der Waals surface area contributed by atoms with Crippen LogP contribution in [0.2, 0.25) is 0 Å². The number of aromatic hydroxyl groups is 1. The number of rotatable bonds is 5. The average Bonchev–Trinajstić information content (AvgIpc) is 2.35. The normalized spacial score (nSPS) is 11.9. The van der Waals surface area contributed by atoms with Crippen LogP contribution in [-0.2, 0) is 0 Å². The van der Waals surface area contributed by atoms with Gasteiger partial charge >= 0.3 is 0 Å². The van der Waals surface area contributed by atoms with E-state index in [0.717, 1.165) is 0 Å². The number of hydrogen-bond acceptors (Lipinski definition) is 5. The predicted octanol–water partition coefficient (Wildman–Crippen LogP) is -0.516. The molecular formula is C11H15NO5. The quantitative estimate of drug-likeness (QED) is 0.556. The largest absolute Gasteiger partial charge is 0.504 e. The Labute approximate surface area is 98.5 Å². The van der Waals surface area contributed by atoms with Crippen molar-refractivity contribution in [3.05, 3.63) is 23.8 Å². The lowest BCUT2D eigenvalue weighted by atomic mass is 10.1. The van der Waals surface area contributed by atoms with Gasteiger partial charge in [0.1, 0.15) is 0 Å². The van der Waals surface area contributed by atoms with Gasteiger partial charge in [0.15, 0.2) is 11.5 Å². The second kappa shape index (κ2) is 6.07. The van der Waals surface area contributed by atoms with Crippen molar-refractivity contribution in [1.29, 1.82) is 0 Å². The number of hydrogen-bond donors (Lipinski definition) is 4. The fraction of sp³-hybridized carbons (Fsp3) is 0.364. The summed E-state index contributed by atoms with van der Waals surface area (Å²) in [5.41, 5.74) is 0.0505. The van der Waals surface area contributed by atoms with E-state index in [1.807, 2.05) is 0 Å². The van der Waals surface area contributed by atoms with Gasteiger partial charge in [-0.05, 0) is 12.1 Å². The number of aliphatic hydroxyl groups is 2. The van der Waals surface area contributed by atoms with Gasteiger partial charge in [-0.3, -0.25) is 4.79 Å². The summed E-state index contributed by atoms with van der Waals surface area (Å²) in [7, 11) is 1.38. The molecule has 1 unspecified atom stereocenters. The molecule has 0 aliphatic carbocycles. The summed E-state index contributed by atoms with van der Waals surface area (Å²) >= 11 is 0. The highest BCUT2D eigenvalue weighted by molar-refractivity contribution is 5.97. The number of benzene rings is 1. The highest BCUT2D eigenvalue weighted by atomic mass is 16.5. The number of nitrogens with one attached hydrogen (secondary N) is 1. The molecule has 0 spiro atoms. The van der Waals surface area contributed by atoms with Crippen LogP contribution in [-0.4, -0.2) is 47.6 Å². The molecule has 0 aromatic heterocycles. The summed E-state index contributed by atoms with van der Waals surface area (Å²) in [5, 5.41) is 29.7. The Bertz CT molecular complexity index is 393. The molecule has 1 aromatic carbocycles. The van der Waals surface area contributed by atoms with Crippen LogP contribution in [0.25, 0.3) is 0 Å². The van der Waals surface area contributed by atoms with E-state index < -0.39 is 18.6 Å². The molecule has 94 valence electrons. The Morgan fingerprint density at radius 3 is 2.82 bits per heavy atom. The van der Waals surface area contributed by atoms with Crippen LogP contribution >= 0.6 is 0 Å². The number of carbonyl (C=O) groups excluding carboxylic acids is 1. The molecule has 1 atom stereocenters. The lowest BCUT2D eigenvalue weighted by molar-refractivity contribution is 0.0800. The summed E-state index contributed by atoms with van der Waals surface area (Å²) in [4.78, 5) is 11.6. The molecule has 4 N–H and O–H groups in total. The van der Waals surface area contributed by atoms with Crippen LogP contribution in [0.1, 0.15) is 10.4 Å². The molecule has 0 bridgehead atoms. The van der Waals surface area contributed by atoms with Gasteiger partial charge in [0.25, 0.3) is 5.91 Å². The van der Waals surface area contributed by atoms with Crippen molar-refractivity contribution in [1.82, 2.24) is 5.32 Å². The Morgan fingerprint density at radius 2 is 2.24 bits per heavy atom. The first-order valence-corrected chi connectivity index (χ1v) is 5.03. The maximum atomic E-state index is 11.6. The molecule has 0 aliphatic rings. The second-order valence-electron chi connectivity index (χ2n) is 3.40. The zero-order chi connectivity index (χ0) is 12.8. The van der Waals surface area contributed by atoms with Crippen molar-refractivity contribution < 1.29 is 24.9 Å². The van der Waals surface area contributed by atoms with Crippen molar-refractivity contribution >= 4 is 5.91 Å². The Morgan fingerprint density at radius 1 is 1.53 bits per heavy atom. The van der Waals surface area contributed by atoms with Gasteiger partial charge in [0, 0.05) is 6.54 Å². The van der Waals surface area contributed by atoms with E-state index in [4.69, 9.17) is 14.9 Å². The van der Waals surface area contributed by atoms with E-state index in [-0.39, 0.29) is 23.6 Å². The SMILES string of the molecule is COc1cccc(C(=O)NCC(O)CO)c1O. The third-order valence-electron chi connectivity index (χ3n) is 2.17. The number of ether oxygens (including phenoxy) is 1. The number of methoxy groups -OCH3 is 1. The third kappa shape index (κ3) is 3.33. The minimum Gasteiger partial charge on any atom is -0.504 e. The highest BCUT2D eigenvalue weighted by Crippen LogP contribution is 2.28. The first-order valence-electron chi connectivity index (χ1n) is 5.03. The van der Waals surface area contributed by atoms with Crippen molar-refractivity contribution in [2.45, 2.75) is 6.10 Å². The first-order chi connectivity index (χ1) is 8.10. The summed E-state index contributed by atoms with van der Waals surface area (Å²) in [6.45, 7) is -0.531. The van der Waals surface area contributed by atoms with Crippen LogP contribution in [0, 0.1) is 0 Å². The fourth-order valence-corrected chi connectivity index (χ4v) is 1.24. The van der Waals surface area contributed by atoms with Gasteiger partial charge in [0.2, 0.25) is 0 Å².